The van der Waals surface area contributed by atoms with Crippen LogP contribution in [0.4, 0.5) is 0 Å². The molecular weight excluding hydrogens is 366 g/mol. The van der Waals surface area contributed by atoms with Crippen LogP contribution in [-0.4, -0.2) is 45.0 Å². The molecule has 6 N–H and O–H groups in total. The van der Waals surface area contributed by atoms with Crippen molar-refractivity contribution in [2.45, 2.75) is 108 Å². The molecule has 0 radical (unpaired) electrons. The van der Waals surface area contributed by atoms with E-state index in [2.05, 4.69) is 31.2 Å². The Balaban J connectivity index is 2.32. The standard InChI is InChI=1S/C24H43NO4/c1-2-3-4-5-6-7-8-9-10-20-11-13-21(14-12-20)17-18-24(25,19-26)22(27)15-16-23(28)29/h11-14,22-23,26-29H,2-10,15-19,25H2,1H3. The average molecular weight is 410 g/mol. The topological polar surface area (TPSA) is 107 Å². The van der Waals surface area contributed by atoms with Gasteiger partial charge in [-0.05, 0) is 43.2 Å². The van der Waals surface area contributed by atoms with Crippen molar-refractivity contribution in [3.63, 3.8) is 0 Å². The van der Waals surface area contributed by atoms with E-state index in [-0.39, 0.29) is 19.4 Å². The Morgan fingerprint density at radius 3 is 1.83 bits per heavy atom. The predicted molar refractivity (Wildman–Crippen MR) is 119 cm³/mol. The van der Waals surface area contributed by atoms with E-state index in [0.29, 0.717) is 12.8 Å². The second-order valence-electron chi connectivity index (χ2n) is 8.51. The van der Waals surface area contributed by atoms with Crippen LogP contribution in [0, 0.1) is 0 Å². The quantitative estimate of drug-likeness (QED) is 0.200. The van der Waals surface area contributed by atoms with Crippen LogP contribution in [0.1, 0.15) is 88.7 Å². The summed E-state index contributed by atoms with van der Waals surface area (Å²) < 4.78 is 0. The zero-order valence-corrected chi connectivity index (χ0v) is 18.2. The molecule has 168 valence electrons. The van der Waals surface area contributed by atoms with E-state index in [0.717, 1.165) is 12.0 Å². The summed E-state index contributed by atoms with van der Waals surface area (Å²) in [6.45, 7) is 1.91. The van der Waals surface area contributed by atoms with Crippen LogP contribution in [0.15, 0.2) is 24.3 Å². The van der Waals surface area contributed by atoms with Crippen molar-refractivity contribution in [1.29, 1.82) is 0 Å². The van der Waals surface area contributed by atoms with E-state index in [9.17, 15) is 10.2 Å². The zero-order valence-electron chi connectivity index (χ0n) is 18.2. The van der Waals surface area contributed by atoms with Gasteiger partial charge in [0, 0.05) is 6.42 Å². The van der Waals surface area contributed by atoms with Crippen molar-refractivity contribution >= 4 is 0 Å². The highest BCUT2D eigenvalue weighted by Crippen LogP contribution is 2.20. The number of benzene rings is 1. The second kappa shape index (κ2) is 14.9. The lowest BCUT2D eigenvalue weighted by Crippen LogP contribution is -2.54. The highest BCUT2D eigenvalue weighted by atomic mass is 16.5. The van der Waals surface area contributed by atoms with Gasteiger partial charge < -0.3 is 26.2 Å². The molecule has 0 aliphatic rings. The number of unbranched alkanes of at least 4 members (excludes halogenated alkanes) is 7. The molecule has 0 amide bonds. The molecule has 0 heterocycles. The van der Waals surface area contributed by atoms with Crippen LogP contribution in [0.25, 0.3) is 0 Å². The van der Waals surface area contributed by atoms with Crippen molar-refractivity contribution in [3.8, 4) is 0 Å². The van der Waals surface area contributed by atoms with E-state index < -0.39 is 17.9 Å². The molecule has 0 fully saturated rings. The molecule has 2 atom stereocenters. The summed E-state index contributed by atoms with van der Waals surface area (Å²) in [5.41, 5.74) is 7.51. The summed E-state index contributed by atoms with van der Waals surface area (Å²) in [5, 5.41) is 37.8. The Morgan fingerprint density at radius 1 is 0.793 bits per heavy atom. The van der Waals surface area contributed by atoms with Crippen molar-refractivity contribution in [2.24, 2.45) is 5.73 Å². The van der Waals surface area contributed by atoms with Crippen LogP contribution >= 0.6 is 0 Å². The van der Waals surface area contributed by atoms with E-state index in [4.69, 9.17) is 15.9 Å². The minimum absolute atomic E-state index is 0.0353. The summed E-state index contributed by atoms with van der Waals surface area (Å²) in [6, 6.07) is 8.52. The molecule has 0 spiro atoms. The maximum absolute atomic E-state index is 10.2. The molecule has 5 nitrogen and oxygen atoms in total. The first-order chi connectivity index (χ1) is 13.9. The molecule has 0 aliphatic heterocycles. The highest BCUT2D eigenvalue weighted by molar-refractivity contribution is 5.23. The molecule has 2 unspecified atom stereocenters. The molecule has 5 heteroatoms. The molecule has 0 aliphatic carbocycles. The van der Waals surface area contributed by atoms with E-state index in [1.54, 1.807) is 0 Å². The predicted octanol–water partition coefficient (Wildman–Crippen LogP) is 3.44. The molecule has 0 saturated carbocycles. The largest absolute Gasteiger partial charge is 0.394 e. The van der Waals surface area contributed by atoms with Gasteiger partial charge in [0.1, 0.15) is 0 Å². The Labute approximate surface area is 177 Å². The van der Waals surface area contributed by atoms with Gasteiger partial charge in [0.05, 0.1) is 18.2 Å². The lowest BCUT2D eigenvalue weighted by Gasteiger charge is -2.33. The molecule has 0 bridgehead atoms. The SMILES string of the molecule is CCCCCCCCCCc1ccc(CCC(N)(CO)C(O)CCC(O)O)cc1. The summed E-state index contributed by atoms with van der Waals surface area (Å²) in [5.74, 6) is 0. The van der Waals surface area contributed by atoms with Gasteiger partial charge in [-0.25, -0.2) is 0 Å². The molecule has 1 rings (SSSR count). The van der Waals surface area contributed by atoms with Gasteiger partial charge in [0.2, 0.25) is 0 Å². The van der Waals surface area contributed by atoms with E-state index >= 15 is 0 Å². The fourth-order valence-electron chi connectivity index (χ4n) is 3.66. The monoisotopic (exact) mass is 409 g/mol. The third-order valence-corrected chi connectivity index (χ3v) is 5.88. The van der Waals surface area contributed by atoms with Crippen LogP contribution in [0.5, 0.6) is 0 Å². The number of rotatable bonds is 17. The Bertz CT molecular complexity index is 520. The molecule has 1 aromatic rings. The summed E-state index contributed by atoms with van der Waals surface area (Å²) >= 11 is 0. The van der Waals surface area contributed by atoms with Gasteiger partial charge in [-0.1, -0.05) is 76.1 Å². The van der Waals surface area contributed by atoms with E-state index in [1.165, 1.54) is 56.9 Å². The lowest BCUT2D eigenvalue weighted by molar-refractivity contribution is -0.0608. The highest BCUT2D eigenvalue weighted by Gasteiger charge is 2.32. The van der Waals surface area contributed by atoms with Crippen LogP contribution in [0.3, 0.4) is 0 Å². The van der Waals surface area contributed by atoms with Crippen LogP contribution < -0.4 is 5.73 Å². The average Bonchev–Trinajstić information content (AvgIpc) is 2.72. The van der Waals surface area contributed by atoms with E-state index in [1.807, 2.05) is 0 Å². The minimum Gasteiger partial charge on any atom is -0.394 e. The van der Waals surface area contributed by atoms with Crippen molar-refractivity contribution < 1.29 is 20.4 Å². The fourth-order valence-corrected chi connectivity index (χ4v) is 3.66. The fraction of sp³-hybridized carbons (Fsp3) is 0.750. The Morgan fingerprint density at radius 2 is 1.31 bits per heavy atom. The molecule has 29 heavy (non-hydrogen) atoms. The van der Waals surface area contributed by atoms with Gasteiger partial charge in [0.25, 0.3) is 0 Å². The first kappa shape index (κ1) is 26.1. The van der Waals surface area contributed by atoms with Gasteiger partial charge in [-0.3, -0.25) is 0 Å². The van der Waals surface area contributed by atoms with Gasteiger partial charge >= 0.3 is 0 Å². The lowest BCUT2D eigenvalue weighted by atomic mass is 9.85. The van der Waals surface area contributed by atoms with Crippen LogP contribution in [0.2, 0.25) is 0 Å². The maximum Gasteiger partial charge on any atom is 0.151 e. The third kappa shape index (κ3) is 11.1. The first-order valence-electron chi connectivity index (χ1n) is 11.4. The number of aryl methyl sites for hydroxylation is 2. The number of hydrogen-bond acceptors (Lipinski definition) is 5. The number of hydrogen-bond donors (Lipinski definition) is 5. The molecule has 0 aromatic heterocycles. The van der Waals surface area contributed by atoms with Crippen LogP contribution in [-0.2, 0) is 12.8 Å². The number of aliphatic hydroxyl groups is 4. The number of nitrogens with two attached hydrogens (primary N) is 1. The van der Waals surface area contributed by atoms with Crippen molar-refractivity contribution in [3.05, 3.63) is 35.4 Å². The zero-order chi connectivity index (χ0) is 21.5. The smallest absolute Gasteiger partial charge is 0.151 e. The molecule has 0 saturated heterocycles. The minimum atomic E-state index is -1.47. The Kier molecular flexibility index (Phi) is 13.4. The second-order valence-corrected chi connectivity index (χ2v) is 8.51. The maximum atomic E-state index is 10.2. The third-order valence-electron chi connectivity index (χ3n) is 5.88. The summed E-state index contributed by atoms with van der Waals surface area (Å²) in [7, 11) is 0. The first-order valence-corrected chi connectivity index (χ1v) is 11.4. The molecule has 1 aromatic carbocycles. The Hall–Kier alpha value is -0.980. The number of aliphatic hydroxyl groups excluding tert-OH is 3. The van der Waals surface area contributed by atoms with Gasteiger partial charge in [-0.2, -0.15) is 0 Å². The molecular formula is C24H43NO4. The van der Waals surface area contributed by atoms with Crippen molar-refractivity contribution in [1.82, 2.24) is 0 Å². The summed E-state index contributed by atoms with van der Waals surface area (Å²) in [4.78, 5) is 0. The normalized spacial score (nSPS) is 14.9. The van der Waals surface area contributed by atoms with Gasteiger partial charge in [0.15, 0.2) is 6.29 Å². The van der Waals surface area contributed by atoms with Crippen molar-refractivity contribution in [2.75, 3.05) is 6.61 Å². The van der Waals surface area contributed by atoms with Gasteiger partial charge in [-0.15, -0.1) is 0 Å². The summed E-state index contributed by atoms with van der Waals surface area (Å²) in [6.07, 6.45) is 10.5.